The Kier molecular flexibility index (Phi) is 9.31. The monoisotopic (exact) mass is 678 g/mol. The van der Waals surface area contributed by atoms with Crippen LogP contribution in [0.2, 0.25) is 0 Å². The first-order valence-electron chi connectivity index (χ1n) is 16.0. The van der Waals surface area contributed by atoms with Gasteiger partial charge < -0.3 is 28.8 Å². The van der Waals surface area contributed by atoms with Gasteiger partial charge >= 0.3 is 6.09 Å². The molecule has 1 N–H and O–H groups in total. The molecule has 1 amide bonds. The molecule has 3 heterocycles. The van der Waals surface area contributed by atoms with Crippen LogP contribution in [0.25, 0.3) is 10.9 Å². The van der Waals surface area contributed by atoms with Crippen molar-refractivity contribution in [3.63, 3.8) is 0 Å². The van der Waals surface area contributed by atoms with Gasteiger partial charge in [0, 0.05) is 10.9 Å². The Bertz CT molecular complexity index is 1860. The molecule has 48 heavy (non-hydrogen) atoms. The molecule has 4 aromatic rings. The second-order valence-electron chi connectivity index (χ2n) is 13.4. The Balaban J connectivity index is 1.54. The highest BCUT2D eigenvalue weighted by Crippen LogP contribution is 2.42. The molecule has 12 heteroatoms. The number of hydrogen-bond acceptors (Lipinski definition) is 9. The first kappa shape index (κ1) is 33.9. The molecule has 0 spiro atoms. The van der Waals surface area contributed by atoms with Gasteiger partial charge in [-0.05, 0) is 76.9 Å². The Hall–Kier alpha value is -3.94. The topological polar surface area (TPSA) is 126 Å². The minimum atomic E-state index is -4.31. The highest BCUT2D eigenvalue weighted by Gasteiger charge is 2.50. The van der Waals surface area contributed by atoms with E-state index in [1.165, 1.54) is 17.0 Å². The normalized spacial score (nSPS) is 19.4. The Labute approximate surface area is 281 Å². The first-order valence-corrected chi connectivity index (χ1v) is 17.4. The predicted octanol–water partition coefficient (Wildman–Crippen LogP) is 6.30. The molecule has 0 saturated carbocycles. The number of amides is 1. The van der Waals surface area contributed by atoms with E-state index in [2.05, 4.69) is 0 Å². The van der Waals surface area contributed by atoms with Gasteiger partial charge in [-0.3, -0.25) is 4.90 Å². The van der Waals surface area contributed by atoms with Crippen molar-refractivity contribution >= 4 is 27.0 Å². The number of rotatable bonds is 8. The average Bonchev–Trinajstić information content (AvgIpc) is 3.61. The maximum Gasteiger partial charge on any atom is 0.413 e. The molecule has 0 unspecified atom stereocenters. The lowest BCUT2D eigenvalue weighted by atomic mass is 10.1. The van der Waals surface area contributed by atoms with E-state index < -0.39 is 45.9 Å². The number of aromatic nitrogens is 1. The van der Waals surface area contributed by atoms with Crippen molar-refractivity contribution in [1.29, 1.82) is 0 Å². The molecule has 1 aromatic heterocycles. The number of aliphatic hydroxyl groups excluding tert-OH is 1. The Morgan fingerprint density at radius 3 is 2.29 bits per heavy atom. The fourth-order valence-electron chi connectivity index (χ4n) is 6.06. The van der Waals surface area contributed by atoms with Gasteiger partial charge in [0.1, 0.15) is 29.8 Å². The first-order chi connectivity index (χ1) is 22.8. The summed E-state index contributed by atoms with van der Waals surface area (Å²) in [6.07, 6.45) is -2.22. The van der Waals surface area contributed by atoms with Gasteiger partial charge in [-0.25, -0.2) is 17.2 Å². The smallest absolute Gasteiger partial charge is 0.413 e. The molecule has 0 aliphatic carbocycles. The van der Waals surface area contributed by atoms with E-state index >= 15 is 0 Å². The van der Waals surface area contributed by atoms with Crippen molar-refractivity contribution in [1.82, 2.24) is 8.87 Å². The van der Waals surface area contributed by atoms with Gasteiger partial charge in [-0.2, -0.15) is 0 Å². The van der Waals surface area contributed by atoms with Crippen LogP contribution in [0.5, 0.6) is 5.75 Å². The largest absolute Gasteiger partial charge is 0.488 e. The third kappa shape index (κ3) is 6.81. The molecule has 2 fully saturated rings. The summed E-state index contributed by atoms with van der Waals surface area (Å²) < 4.78 is 60.2. The molecule has 2 atom stereocenters. The lowest BCUT2D eigenvalue weighted by Gasteiger charge is -2.36. The molecule has 6 rings (SSSR count). The molecular weight excluding hydrogens is 636 g/mol. The van der Waals surface area contributed by atoms with Crippen molar-refractivity contribution in [2.45, 2.75) is 82.3 Å². The number of aliphatic hydroxyl groups is 1. The van der Waals surface area contributed by atoms with Crippen LogP contribution in [0.1, 0.15) is 70.3 Å². The molecular formula is C36H42N2O9S. The van der Waals surface area contributed by atoms with Gasteiger partial charge in [0.2, 0.25) is 0 Å². The van der Waals surface area contributed by atoms with Crippen molar-refractivity contribution in [2.24, 2.45) is 0 Å². The highest BCUT2D eigenvalue weighted by atomic mass is 32.2. The van der Waals surface area contributed by atoms with Gasteiger partial charge in [0.05, 0.1) is 42.0 Å². The number of ether oxygens (including phenoxy) is 5. The zero-order chi connectivity index (χ0) is 34.3. The number of fused-ring (bicyclic) bond motifs is 1. The average molecular weight is 679 g/mol. The SMILES string of the molecule is CC(C)(C)OC(=O)N1[C@H]([C@@H](O)c2cc3c(OCc4ccccc4)cc(C4OCCCO4)cc3n2S(=O)(=O)c2ccccc2)COC1(C)C. The molecule has 11 nitrogen and oxygen atoms in total. The summed E-state index contributed by atoms with van der Waals surface area (Å²) >= 11 is 0. The molecule has 2 saturated heterocycles. The molecule has 3 aromatic carbocycles. The highest BCUT2D eigenvalue weighted by molar-refractivity contribution is 7.90. The molecule has 2 aliphatic heterocycles. The van der Waals surface area contributed by atoms with Crippen LogP contribution in [0, 0.1) is 0 Å². The van der Waals surface area contributed by atoms with Crippen LogP contribution < -0.4 is 4.74 Å². The van der Waals surface area contributed by atoms with Crippen LogP contribution in [0.3, 0.4) is 0 Å². The van der Waals surface area contributed by atoms with E-state index in [1.807, 2.05) is 30.3 Å². The van der Waals surface area contributed by atoms with Crippen molar-refractivity contribution < 1.29 is 42.0 Å². The van der Waals surface area contributed by atoms with E-state index in [0.717, 1.165) is 16.0 Å². The molecule has 2 aliphatic rings. The van der Waals surface area contributed by atoms with E-state index in [4.69, 9.17) is 23.7 Å². The molecule has 256 valence electrons. The number of benzene rings is 3. The zero-order valence-corrected chi connectivity index (χ0v) is 28.6. The van der Waals surface area contributed by atoms with Crippen LogP contribution in [-0.4, -0.2) is 65.7 Å². The lowest BCUT2D eigenvalue weighted by Crippen LogP contribution is -2.51. The minimum absolute atomic E-state index is 0.0188. The number of nitrogens with zero attached hydrogens (tertiary/aromatic N) is 2. The number of carbonyl (C=O) groups is 1. The summed E-state index contributed by atoms with van der Waals surface area (Å²) in [6.45, 7) is 9.75. The lowest BCUT2D eigenvalue weighted by molar-refractivity contribution is -0.183. The summed E-state index contributed by atoms with van der Waals surface area (Å²) in [7, 11) is -4.31. The number of hydrogen-bond donors (Lipinski definition) is 1. The van der Waals surface area contributed by atoms with E-state index in [1.54, 1.807) is 71.0 Å². The maximum absolute atomic E-state index is 14.6. The summed E-state index contributed by atoms with van der Waals surface area (Å²) in [5.41, 5.74) is -0.197. The quantitative estimate of drug-likeness (QED) is 0.229. The third-order valence-corrected chi connectivity index (χ3v) is 10.0. The van der Waals surface area contributed by atoms with E-state index in [9.17, 15) is 18.3 Å². The van der Waals surface area contributed by atoms with Crippen molar-refractivity contribution in [3.8, 4) is 5.75 Å². The predicted molar refractivity (Wildman–Crippen MR) is 178 cm³/mol. The fraction of sp³-hybridized carbons (Fsp3) is 0.417. The Morgan fingerprint density at radius 2 is 1.65 bits per heavy atom. The van der Waals surface area contributed by atoms with Crippen molar-refractivity contribution in [3.05, 3.63) is 95.7 Å². The van der Waals surface area contributed by atoms with Crippen LogP contribution in [-0.2, 0) is 35.6 Å². The van der Waals surface area contributed by atoms with Gasteiger partial charge in [-0.1, -0.05) is 48.5 Å². The van der Waals surface area contributed by atoms with Crippen molar-refractivity contribution in [2.75, 3.05) is 19.8 Å². The van der Waals surface area contributed by atoms with E-state index in [0.29, 0.717) is 29.9 Å². The zero-order valence-electron chi connectivity index (χ0n) is 27.8. The minimum Gasteiger partial charge on any atom is -0.488 e. The summed E-state index contributed by atoms with van der Waals surface area (Å²) in [5.74, 6) is 0.381. The maximum atomic E-state index is 14.6. The Morgan fingerprint density at radius 1 is 1.00 bits per heavy atom. The van der Waals surface area contributed by atoms with Crippen LogP contribution >= 0.6 is 0 Å². The second kappa shape index (κ2) is 13.2. The molecule has 0 radical (unpaired) electrons. The number of carbonyl (C=O) groups excluding carboxylic acids is 1. The summed E-state index contributed by atoms with van der Waals surface area (Å²) in [6, 6.07) is 21.7. The van der Waals surface area contributed by atoms with Crippen LogP contribution in [0.4, 0.5) is 4.79 Å². The fourth-order valence-corrected chi connectivity index (χ4v) is 7.62. The standard InChI is InChI=1S/C36H42N2O9S/c1-35(2,3)47-34(40)37-30(23-46-36(37,4)5)32(39)29-21-27-28(38(29)48(41,42)26-15-10-7-11-16-26)19-25(33-43-17-12-18-44-33)20-31(27)45-22-24-13-8-6-9-14-24/h6-11,13-16,19-21,30,32-33,39H,12,17-18,22-23H2,1-5H3/t30-,32-/m0/s1. The van der Waals surface area contributed by atoms with E-state index in [-0.39, 0.29) is 29.3 Å². The summed E-state index contributed by atoms with van der Waals surface area (Å²) in [4.78, 5) is 14.9. The summed E-state index contributed by atoms with van der Waals surface area (Å²) in [5, 5.41) is 12.6. The van der Waals surface area contributed by atoms with Gasteiger partial charge in [0.15, 0.2) is 6.29 Å². The van der Waals surface area contributed by atoms with Crippen LogP contribution in [0.15, 0.2) is 83.8 Å². The molecule has 0 bridgehead atoms. The third-order valence-electron chi connectivity index (χ3n) is 8.28. The van der Waals surface area contributed by atoms with Gasteiger partial charge in [-0.15, -0.1) is 0 Å². The van der Waals surface area contributed by atoms with Gasteiger partial charge in [0.25, 0.3) is 10.0 Å². The second-order valence-corrected chi connectivity index (χ2v) is 15.2.